The number of aromatic amines is 2. The Hall–Kier alpha value is -3.49. The van der Waals surface area contributed by atoms with E-state index < -0.39 is 18.3 Å². The number of benzene rings is 2. The van der Waals surface area contributed by atoms with Crippen LogP contribution in [0.2, 0.25) is 0 Å². The number of hydrogen-bond acceptors (Lipinski definition) is 8. The van der Waals surface area contributed by atoms with Gasteiger partial charge in [-0.1, -0.05) is 25.1 Å². The summed E-state index contributed by atoms with van der Waals surface area (Å²) in [5, 5.41) is 0. The van der Waals surface area contributed by atoms with Crippen LogP contribution in [0.1, 0.15) is 139 Å². The number of aromatic nitrogens is 4. The summed E-state index contributed by atoms with van der Waals surface area (Å²) in [5.41, 5.74) is 9.42. The number of ether oxygens (including phenoxy) is 2. The predicted molar refractivity (Wildman–Crippen MR) is 219 cm³/mol. The lowest BCUT2D eigenvalue weighted by Gasteiger charge is -2.32. The van der Waals surface area contributed by atoms with E-state index in [1.165, 1.54) is 51.4 Å². The molecule has 2 saturated carbocycles. The van der Waals surface area contributed by atoms with Gasteiger partial charge in [0.2, 0.25) is 0 Å². The maximum absolute atomic E-state index is 11.9. The van der Waals surface area contributed by atoms with Crippen molar-refractivity contribution in [2.45, 2.75) is 125 Å². The van der Waals surface area contributed by atoms with Gasteiger partial charge in [-0.3, -0.25) is 0 Å². The van der Waals surface area contributed by atoms with Crippen LogP contribution in [0.5, 0.6) is 0 Å². The maximum atomic E-state index is 11.9. The number of esters is 2. The zero-order valence-corrected chi connectivity index (χ0v) is 34.7. The molecule has 3 fully saturated rings. The first-order valence-corrected chi connectivity index (χ1v) is 19.0. The van der Waals surface area contributed by atoms with Gasteiger partial charge in [-0.05, 0) is 152 Å². The van der Waals surface area contributed by atoms with Crippen molar-refractivity contribution in [3.05, 3.63) is 84.4 Å². The minimum Gasteiger partial charge on any atom is -0.465 e. The number of hydrogen-bond donors (Lipinski definition) is 2. The molecule has 3 heterocycles. The molecule has 3 aliphatic rings. The third-order valence-corrected chi connectivity index (χ3v) is 11.5. The minimum absolute atomic E-state index is 0. The van der Waals surface area contributed by atoms with Crippen LogP contribution >= 0.6 is 22.6 Å². The number of nitrogens with zero attached hydrogens (tertiary/aromatic N) is 2. The topological polar surface area (TPSA) is 128 Å². The van der Waals surface area contributed by atoms with Crippen LogP contribution in [-0.4, -0.2) is 64.4 Å². The predicted octanol–water partition coefficient (Wildman–Crippen LogP) is 8.89. The fraction of sp³-hybridized carbons (Fsp3) is 0.512. The van der Waals surface area contributed by atoms with Gasteiger partial charge in [-0.15, -0.1) is 0 Å². The largest absolute Gasteiger partial charge is 0.495 e. The molecule has 7 rings (SSSR count). The zero-order chi connectivity index (χ0) is 38.3. The van der Waals surface area contributed by atoms with E-state index in [9.17, 15) is 9.59 Å². The van der Waals surface area contributed by atoms with Crippen LogP contribution in [0, 0.1) is 45.2 Å². The third kappa shape index (κ3) is 9.43. The molecule has 53 heavy (non-hydrogen) atoms. The quantitative estimate of drug-likeness (QED) is 0.112. The number of halogens is 1. The molecule has 0 spiro atoms. The van der Waals surface area contributed by atoms with Crippen molar-refractivity contribution in [1.29, 1.82) is 0 Å². The number of rotatable bonds is 6. The molecule has 286 valence electrons. The first-order valence-electron chi connectivity index (χ1n) is 17.9. The van der Waals surface area contributed by atoms with Crippen LogP contribution < -0.4 is 5.46 Å². The van der Waals surface area contributed by atoms with E-state index in [1.807, 2.05) is 86.6 Å². The molecular weight excluding hydrogens is 782 g/mol. The first-order chi connectivity index (χ1) is 24.4. The molecule has 2 aliphatic carbocycles. The molecule has 2 aromatic heterocycles. The van der Waals surface area contributed by atoms with Gasteiger partial charge in [-0.2, -0.15) is 0 Å². The Balaban J connectivity index is 0.000000186. The zero-order valence-electron chi connectivity index (χ0n) is 32.6. The highest BCUT2D eigenvalue weighted by Gasteiger charge is 2.52. The molecule has 2 N–H and O–H groups in total. The Morgan fingerprint density at radius 3 is 1.62 bits per heavy atom. The summed E-state index contributed by atoms with van der Waals surface area (Å²) in [5.74, 6) is 2.96. The second-order valence-electron chi connectivity index (χ2n) is 15.3. The molecule has 12 heteroatoms. The summed E-state index contributed by atoms with van der Waals surface area (Å²) in [6.07, 6.45) is 5.07. The van der Waals surface area contributed by atoms with Crippen molar-refractivity contribution < 1.29 is 28.4 Å². The summed E-state index contributed by atoms with van der Waals surface area (Å²) >= 11 is 2.26. The van der Waals surface area contributed by atoms with Crippen LogP contribution in [-0.2, 0) is 18.8 Å². The van der Waals surface area contributed by atoms with Gasteiger partial charge in [0.05, 0.1) is 42.2 Å². The Kier molecular flexibility index (Phi) is 13.1. The van der Waals surface area contributed by atoms with Crippen LogP contribution in [0.4, 0.5) is 0 Å². The lowest BCUT2D eigenvalue weighted by Crippen LogP contribution is -2.41. The standard InChI is InChI=1S/C17H20N2O2.C16H23BO4.C7H9IN2.CH4/c1-9-7-10(2)14(17(20)21-4)8-13(9)15-11(3)18-16(19-15)12-5-6-12;1-10-8-11(2)13(9-12(10)14(18)19-7)17-20-15(3,4)16(5,6)21-17;1-4-6(8)10-7(9-4)5-2-3-5;/h7-8,12H,5-6H2,1-4H3,(H,18,19);8-9H,1-7H3;5H,2-3H2,1H3,(H,9,10);1H4. The number of carbonyl (C=O) groups is 2. The van der Waals surface area contributed by atoms with Crippen molar-refractivity contribution in [1.82, 2.24) is 19.9 Å². The van der Waals surface area contributed by atoms with E-state index in [0.29, 0.717) is 17.0 Å². The highest BCUT2D eigenvalue weighted by Crippen LogP contribution is 2.41. The van der Waals surface area contributed by atoms with Gasteiger partial charge >= 0.3 is 19.1 Å². The van der Waals surface area contributed by atoms with Crippen LogP contribution in [0.3, 0.4) is 0 Å². The summed E-state index contributed by atoms with van der Waals surface area (Å²) in [6.45, 7) is 20.0. The Morgan fingerprint density at radius 2 is 1.17 bits per heavy atom. The number of H-pyrrole nitrogens is 2. The minimum atomic E-state index is -0.473. The van der Waals surface area contributed by atoms with E-state index in [2.05, 4.69) is 44.5 Å². The fourth-order valence-electron chi connectivity index (χ4n) is 6.17. The molecule has 0 unspecified atom stereocenters. The molecule has 1 aliphatic heterocycles. The van der Waals surface area contributed by atoms with Gasteiger partial charge < -0.3 is 28.8 Å². The van der Waals surface area contributed by atoms with Gasteiger partial charge in [0.25, 0.3) is 0 Å². The Bertz CT molecular complexity index is 1940. The van der Waals surface area contributed by atoms with E-state index in [0.717, 1.165) is 60.1 Å². The summed E-state index contributed by atoms with van der Waals surface area (Å²) in [7, 11) is 2.32. The van der Waals surface area contributed by atoms with Gasteiger partial charge in [-0.25, -0.2) is 19.6 Å². The number of nitrogens with one attached hydrogen (secondary N) is 2. The van der Waals surface area contributed by atoms with E-state index in [4.69, 9.17) is 23.8 Å². The van der Waals surface area contributed by atoms with Crippen molar-refractivity contribution in [2.75, 3.05) is 14.2 Å². The fourth-order valence-corrected chi connectivity index (χ4v) is 6.56. The van der Waals surface area contributed by atoms with Crippen molar-refractivity contribution in [3.63, 3.8) is 0 Å². The molecule has 0 atom stereocenters. The SMILES string of the molecule is C.COC(=O)c1cc(-c2nc(C3CC3)[nH]c2C)c(C)cc1C.COC(=O)c1cc(B2OC(C)(C)C(C)(C)O2)c(C)cc1C.Cc1[nH]c(C2CC2)nc1I. The lowest BCUT2D eigenvalue weighted by molar-refractivity contribution is 0.00578. The average Bonchev–Trinajstić information content (AvgIpc) is 4.01. The van der Waals surface area contributed by atoms with Gasteiger partial charge in [0.15, 0.2) is 0 Å². The third-order valence-electron chi connectivity index (χ3n) is 10.4. The highest BCUT2D eigenvalue weighted by molar-refractivity contribution is 14.1. The molecular formula is C41H56BIN4O6. The van der Waals surface area contributed by atoms with E-state index in [1.54, 1.807) is 0 Å². The second-order valence-corrected chi connectivity index (χ2v) is 16.3. The first kappa shape index (κ1) is 42.3. The number of methoxy groups -OCH3 is 2. The maximum Gasteiger partial charge on any atom is 0.495 e. The monoisotopic (exact) mass is 838 g/mol. The summed E-state index contributed by atoms with van der Waals surface area (Å²) in [6, 6.07) is 7.70. The molecule has 0 amide bonds. The lowest BCUT2D eigenvalue weighted by atomic mass is 9.75. The van der Waals surface area contributed by atoms with E-state index >= 15 is 0 Å². The van der Waals surface area contributed by atoms with Crippen molar-refractivity contribution in [2.24, 2.45) is 0 Å². The van der Waals surface area contributed by atoms with Crippen LogP contribution in [0.25, 0.3) is 11.3 Å². The Labute approximate surface area is 329 Å². The summed E-state index contributed by atoms with van der Waals surface area (Å²) < 4.78 is 23.0. The number of aryl methyl sites for hydroxylation is 6. The van der Waals surface area contributed by atoms with Gasteiger partial charge in [0.1, 0.15) is 15.3 Å². The van der Waals surface area contributed by atoms with Crippen molar-refractivity contribution >= 4 is 47.1 Å². The Morgan fingerprint density at radius 1 is 0.717 bits per heavy atom. The number of imidazole rings is 2. The summed E-state index contributed by atoms with van der Waals surface area (Å²) in [4.78, 5) is 39.6. The molecule has 10 nitrogen and oxygen atoms in total. The number of carbonyl (C=O) groups excluding carboxylic acids is 2. The molecule has 2 aromatic carbocycles. The molecule has 1 saturated heterocycles. The second kappa shape index (κ2) is 16.5. The van der Waals surface area contributed by atoms with Crippen LogP contribution in [0.15, 0.2) is 24.3 Å². The van der Waals surface area contributed by atoms with E-state index in [-0.39, 0.29) is 19.4 Å². The smallest absolute Gasteiger partial charge is 0.465 e. The molecule has 0 bridgehead atoms. The molecule has 0 radical (unpaired) electrons. The molecule has 4 aromatic rings. The van der Waals surface area contributed by atoms with Gasteiger partial charge in [0, 0.05) is 28.8 Å². The highest BCUT2D eigenvalue weighted by atomic mass is 127. The van der Waals surface area contributed by atoms with Crippen molar-refractivity contribution in [3.8, 4) is 11.3 Å². The normalized spacial score (nSPS) is 16.8. The average molecular weight is 839 g/mol.